The summed E-state index contributed by atoms with van der Waals surface area (Å²) in [5.41, 5.74) is 4.24. The van der Waals surface area contributed by atoms with E-state index < -0.39 is 0 Å². The van der Waals surface area contributed by atoms with Crippen molar-refractivity contribution in [3.63, 3.8) is 0 Å². The molecule has 1 fully saturated rings. The molecule has 5 heterocycles. The quantitative estimate of drug-likeness (QED) is 0.329. The highest BCUT2D eigenvalue weighted by atomic mass is 16.2. The van der Waals surface area contributed by atoms with Gasteiger partial charge in [-0.1, -0.05) is 18.7 Å². The summed E-state index contributed by atoms with van der Waals surface area (Å²) in [5.74, 6) is 0.577. The number of carbonyl (C=O) groups excluding carboxylic acids is 2. The van der Waals surface area contributed by atoms with E-state index in [1.165, 1.54) is 6.08 Å². The van der Waals surface area contributed by atoms with E-state index in [1.807, 2.05) is 51.5 Å². The van der Waals surface area contributed by atoms with Gasteiger partial charge in [-0.15, -0.1) is 0 Å². The molecule has 0 radical (unpaired) electrons. The second-order valence-corrected chi connectivity index (χ2v) is 12.2. The minimum Gasteiger partial charge on any atom is -0.333 e. The highest BCUT2D eigenvalue weighted by Gasteiger charge is 2.36. The number of fused-ring (bicyclic) bond motifs is 7. The number of ketones is 1. The number of aryl methyl sites for hydroxylation is 2. The fraction of sp³-hybridized carbons (Fsp3) is 0.394. The molecule has 11 heteroatoms. The van der Waals surface area contributed by atoms with Crippen LogP contribution in [0.1, 0.15) is 50.6 Å². The molecule has 1 saturated carbocycles. The normalized spacial score (nSPS) is 21.4. The van der Waals surface area contributed by atoms with Crippen LogP contribution in [-0.4, -0.2) is 49.1 Å². The number of amides is 1. The summed E-state index contributed by atoms with van der Waals surface area (Å²) in [6.07, 6.45) is 10.7. The molecule has 6 bridgehead atoms. The van der Waals surface area contributed by atoms with Crippen LogP contribution in [0.3, 0.4) is 0 Å². The highest BCUT2D eigenvalue weighted by Crippen LogP contribution is 2.43. The van der Waals surface area contributed by atoms with Gasteiger partial charge >= 0.3 is 0 Å². The Hall–Kier alpha value is -4.80. The van der Waals surface area contributed by atoms with Crippen LogP contribution in [0.2, 0.25) is 0 Å². The third-order valence-corrected chi connectivity index (χ3v) is 9.50. The van der Waals surface area contributed by atoms with Crippen LogP contribution in [0, 0.1) is 18.8 Å². The van der Waals surface area contributed by atoms with Gasteiger partial charge in [0, 0.05) is 49.4 Å². The molecule has 3 aliphatic rings. The van der Waals surface area contributed by atoms with Gasteiger partial charge in [-0.2, -0.15) is 10.1 Å². The van der Waals surface area contributed by atoms with Crippen LogP contribution in [0.25, 0.3) is 11.0 Å². The van der Waals surface area contributed by atoms with E-state index in [1.54, 1.807) is 24.2 Å². The van der Waals surface area contributed by atoms with Crippen molar-refractivity contribution in [3.8, 4) is 0 Å². The molecule has 3 aromatic heterocycles. The number of nitrogens with zero attached hydrogens (tertiary/aromatic N) is 7. The van der Waals surface area contributed by atoms with E-state index in [0.29, 0.717) is 36.8 Å². The van der Waals surface area contributed by atoms with Crippen molar-refractivity contribution >= 4 is 51.4 Å². The number of benzene rings is 1. The number of nitrogens with one attached hydrogen (secondary N) is 1. The van der Waals surface area contributed by atoms with Crippen molar-refractivity contribution in [1.82, 2.24) is 24.3 Å². The van der Waals surface area contributed by atoms with Crippen molar-refractivity contribution in [2.45, 2.75) is 58.5 Å². The van der Waals surface area contributed by atoms with Crippen LogP contribution in [-0.2, 0) is 16.1 Å². The number of hydrogen-bond donors (Lipinski definition) is 1. The van der Waals surface area contributed by atoms with Crippen LogP contribution in [0.4, 0.5) is 28.7 Å². The van der Waals surface area contributed by atoms with Crippen LogP contribution in [0.5, 0.6) is 0 Å². The molecule has 1 amide bonds. The lowest BCUT2D eigenvalue weighted by molar-refractivity contribution is -0.124. The van der Waals surface area contributed by atoms with Crippen molar-refractivity contribution in [2.24, 2.45) is 11.8 Å². The average Bonchev–Trinajstić information content (AvgIpc) is 3.46. The maximum atomic E-state index is 14.7. The van der Waals surface area contributed by atoms with Gasteiger partial charge in [0.25, 0.3) is 11.5 Å². The molecular formula is C33H36N8O3. The van der Waals surface area contributed by atoms with E-state index in [0.717, 1.165) is 60.2 Å². The lowest BCUT2D eigenvalue weighted by Crippen LogP contribution is -2.44. The molecule has 1 N–H and O–H groups in total. The molecule has 1 aromatic carbocycles. The Morgan fingerprint density at radius 3 is 2.77 bits per heavy atom. The average molecular weight is 593 g/mol. The van der Waals surface area contributed by atoms with Crippen molar-refractivity contribution in [2.75, 3.05) is 28.2 Å². The summed E-state index contributed by atoms with van der Waals surface area (Å²) in [6, 6.07) is 7.62. The minimum atomic E-state index is -0.170. The Bertz CT molecular complexity index is 1860. The Kier molecular flexibility index (Phi) is 7.02. The highest BCUT2D eigenvalue weighted by molar-refractivity contribution is 6.05. The van der Waals surface area contributed by atoms with Gasteiger partial charge in [0.15, 0.2) is 0 Å². The van der Waals surface area contributed by atoms with E-state index in [9.17, 15) is 14.4 Å². The zero-order chi connectivity index (χ0) is 30.5. The molecule has 1 aliphatic carbocycles. The predicted octanol–water partition coefficient (Wildman–Crippen LogP) is 5.05. The van der Waals surface area contributed by atoms with Gasteiger partial charge in [-0.3, -0.25) is 23.6 Å². The molecule has 226 valence electrons. The first-order chi connectivity index (χ1) is 21.3. The van der Waals surface area contributed by atoms with Gasteiger partial charge in [0.1, 0.15) is 17.1 Å². The first kappa shape index (κ1) is 28.0. The molecule has 0 spiro atoms. The van der Waals surface area contributed by atoms with Crippen LogP contribution >= 0.6 is 0 Å². The van der Waals surface area contributed by atoms with Crippen LogP contribution in [0.15, 0.2) is 60.3 Å². The van der Waals surface area contributed by atoms with E-state index >= 15 is 0 Å². The maximum absolute atomic E-state index is 14.7. The summed E-state index contributed by atoms with van der Waals surface area (Å²) >= 11 is 0. The van der Waals surface area contributed by atoms with Crippen molar-refractivity contribution in [3.05, 3.63) is 71.4 Å². The molecular weight excluding hydrogens is 556 g/mol. The van der Waals surface area contributed by atoms with Crippen LogP contribution < -0.4 is 20.7 Å². The molecule has 3 atom stereocenters. The number of Topliss-reactive ketones (excluding diaryl/α,β-unsaturated/α-hetero) is 1. The van der Waals surface area contributed by atoms with Gasteiger partial charge in [0.2, 0.25) is 5.95 Å². The maximum Gasteiger partial charge on any atom is 0.276 e. The second kappa shape index (κ2) is 11.0. The summed E-state index contributed by atoms with van der Waals surface area (Å²) in [6.45, 7) is 8.96. The van der Waals surface area contributed by atoms with Crippen molar-refractivity contribution < 1.29 is 9.59 Å². The fourth-order valence-electron chi connectivity index (χ4n) is 7.45. The van der Waals surface area contributed by atoms with Gasteiger partial charge in [-0.05, 0) is 75.6 Å². The molecule has 44 heavy (non-hydrogen) atoms. The molecule has 11 nitrogen and oxygen atoms in total. The zero-order valence-corrected chi connectivity index (χ0v) is 25.1. The lowest BCUT2D eigenvalue weighted by Gasteiger charge is -2.39. The smallest absolute Gasteiger partial charge is 0.276 e. The van der Waals surface area contributed by atoms with E-state index in [4.69, 9.17) is 4.98 Å². The fourth-order valence-corrected chi connectivity index (χ4v) is 7.45. The number of rotatable bonds is 3. The molecule has 2 aliphatic heterocycles. The zero-order valence-electron chi connectivity index (χ0n) is 25.1. The number of pyridine rings is 1. The van der Waals surface area contributed by atoms with E-state index in [-0.39, 0.29) is 35.1 Å². The topological polar surface area (TPSA) is 118 Å². The Balaban J connectivity index is 1.41. The monoisotopic (exact) mass is 592 g/mol. The first-order valence-electron chi connectivity index (χ1n) is 15.4. The number of aromatic nitrogens is 5. The molecule has 4 aromatic rings. The van der Waals surface area contributed by atoms with Gasteiger partial charge in [-0.25, -0.2) is 4.98 Å². The first-order valence-corrected chi connectivity index (χ1v) is 15.4. The predicted molar refractivity (Wildman–Crippen MR) is 170 cm³/mol. The standard InChI is InChI=1S/C33H36N8O3/c1-4-29(43)40-14-13-39(27-9-5-7-20(2)30(27)40)28-16-23-17-34-33-36-24-18-35-38(19-24)12-6-8-22-15-25(10-11-26(22)21(3)42)41(32(28)44)31(23)37-33/h4-5,7,9,16-19,22,25-26H,1,6,8,10-15H2,2-3H3,(H,34,36,37)/t22-,25-,26?/m0/s1. The third-order valence-electron chi connectivity index (χ3n) is 9.50. The largest absolute Gasteiger partial charge is 0.333 e. The number of hydrogen-bond acceptors (Lipinski definition) is 8. The summed E-state index contributed by atoms with van der Waals surface area (Å²) in [4.78, 5) is 53.5. The summed E-state index contributed by atoms with van der Waals surface area (Å²) in [5, 5.41) is 8.49. The number of carbonyl (C=O) groups is 2. The lowest BCUT2D eigenvalue weighted by atomic mass is 9.73. The van der Waals surface area contributed by atoms with Crippen molar-refractivity contribution in [1.29, 1.82) is 0 Å². The Morgan fingerprint density at radius 2 is 1.95 bits per heavy atom. The Labute approximate surface area is 255 Å². The molecule has 7 rings (SSSR count). The summed E-state index contributed by atoms with van der Waals surface area (Å²) < 4.78 is 3.76. The minimum absolute atomic E-state index is 0.0188. The third kappa shape index (κ3) is 4.76. The molecule has 1 unspecified atom stereocenters. The Morgan fingerprint density at radius 1 is 1.09 bits per heavy atom. The van der Waals surface area contributed by atoms with E-state index in [2.05, 4.69) is 22.0 Å². The van der Waals surface area contributed by atoms with Gasteiger partial charge < -0.3 is 15.1 Å². The molecule has 0 saturated heterocycles. The summed E-state index contributed by atoms with van der Waals surface area (Å²) in [7, 11) is 0. The SMILES string of the molecule is C=CC(=O)N1CCN(c2cc3cnc4nc3n(c2=O)[C@H]2CCC(C(C)=O)[C@@H](CCCn3cc(cn3)N4)C2)c2cccc(C)c21. The second-order valence-electron chi connectivity index (χ2n) is 12.2. The number of anilines is 5. The number of para-hydroxylation sites is 1. The van der Waals surface area contributed by atoms with Gasteiger partial charge in [0.05, 0.1) is 23.3 Å².